The van der Waals surface area contributed by atoms with E-state index in [2.05, 4.69) is 118 Å². The molecule has 0 aromatic heterocycles. The van der Waals surface area contributed by atoms with Crippen molar-refractivity contribution in [1.82, 2.24) is 0 Å². The molecule has 0 bridgehead atoms. The zero-order valence-electron chi connectivity index (χ0n) is 52.2. The van der Waals surface area contributed by atoms with Gasteiger partial charge in [0.05, 0.1) is 15.2 Å². The van der Waals surface area contributed by atoms with Crippen LogP contribution < -0.4 is 4.90 Å². The highest BCUT2D eigenvalue weighted by Gasteiger charge is 2.44. The summed E-state index contributed by atoms with van der Waals surface area (Å²) in [4.78, 5) is 2.29. The van der Waals surface area contributed by atoms with Crippen molar-refractivity contribution in [3.05, 3.63) is 132 Å². The van der Waals surface area contributed by atoms with Gasteiger partial charge in [-0.15, -0.1) is 0 Å². The molecule has 6 rings (SSSR count). The first-order chi connectivity index (χ1) is 40.0. The Hall–Kier alpha value is -4.61. The van der Waals surface area contributed by atoms with Crippen LogP contribution in [0, 0.1) is 0 Å². The number of unbranched alkanes of at least 4 members (excludes halogenated alkanes) is 30. The number of hydrogen-bond donors (Lipinski definition) is 2. The first kappa shape index (κ1) is 67.5. The smallest absolute Gasteiger partial charge is 0.294 e. The highest BCUT2D eigenvalue weighted by atomic mass is 32.2. The third-order valence-electron chi connectivity index (χ3n) is 18.0. The Morgan fingerprint density at radius 1 is 0.422 bits per heavy atom. The van der Waals surface area contributed by atoms with Gasteiger partial charge in [-0.05, 0) is 90.9 Å². The summed E-state index contributed by atoms with van der Waals surface area (Å²) in [6.45, 7) is 15.6. The topological polar surface area (TPSA) is 115 Å². The maximum atomic E-state index is 11.9. The van der Waals surface area contributed by atoms with Crippen LogP contribution in [0.2, 0.25) is 0 Å². The van der Waals surface area contributed by atoms with E-state index >= 15 is 0 Å². The molecular formula is C73H107N2O6S2+. The van der Waals surface area contributed by atoms with E-state index in [1.807, 2.05) is 0 Å². The minimum atomic E-state index is -4.29. The van der Waals surface area contributed by atoms with Gasteiger partial charge in [-0.25, -0.2) is 0 Å². The van der Waals surface area contributed by atoms with Crippen LogP contribution in [0.1, 0.15) is 258 Å². The fourth-order valence-corrected chi connectivity index (χ4v) is 13.8. The Labute approximate surface area is 505 Å². The average molecular weight is 1170 g/mol. The lowest BCUT2D eigenvalue weighted by molar-refractivity contribution is -0.438. The van der Waals surface area contributed by atoms with Crippen molar-refractivity contribution in [2.75, 3.05) is 18.0 Å². The van der Waals surface area contributed by atoms with Gasteiger partial charge in [0.25, 0.3) is 20.2 Å². The molecule has 2 aliphatic rings. The molecule has 0 aliphatic carbocycles. The molecule has 4 aromatic rings. The fraction of sp³-hybridized carbons (Fsp3) is 0.575. The molecule has 0 spiro atoms. The van der Waals surface area contributed by atoms with Crippen LogP contribution in [0.15, 0.2) is 131 Å². The van der Waals surface area contributed by atoms with E-state index in [0.717, 1.165) is 48.2 Å². The standard InChI is InChI=1S/C73H106N2O6S2/c1-7-9-11-13-15-17-19-21-22-23-24-25-26-27-28-30-32-34-36-41-57-75-69-59-63(61-46-52-65(53-47-61)83(79,80)81)49-55-67(69)73(5,6)71(75)43-39-37-38-42-70-72(3,4)66-54-48-62(60-44-50-64(51-45-60)82(76,77)78)58-68(66)74(70)56-40-35-33-31-29-20-18-16-14-12-10-8-2/h37-39,42-55,58-59H,7-36,40-41,56-57H2,1-6H3,(H-,76,77,78,79,80,81)/p+1. The van der Waals surface area contributed by atoms with Gasteiger partial charge < -0.3 is 4.90 Å². The zero-order chi connectivity index (χ0) is 59.6. The second kappa shape index (κ2) is 34.5. The number of benzene rings is 4. The van der Waals surface area contributed by atoms with Crippen molar-refractivity contribution in [3.63, 3.8) is 0 Å². The monoisotopic (exact) mass is 1170 g/mol. The molecule has 10 heteroatoms. The number of hydrogen-bond acceptors (Lipinski definition) is 5. The maximum absolute atomic E-state index is 11.9. The molecule has 4 aromatic carbocycles. The molecule has 2 heterocycles. The van der Waals surface area contributed by atoms with Crippen LogP contribution in [0.25, 0.3) is 22.3 Å². The van der Waals surface area contributed by atoms with Gasteiger partial charge in [0, 0.05) is 47.5 Å². The lowest BCUT2D eigenvalue weighted by Gasteiger charge is -2.27. The van der Waals surface area contributed by atoms with E-state index < -0.39 is 20.2 Å². The second-order valence-electron chi connectivity index (χ2n) is 25.3. The van der Waals surface area contributed by atoms with Crippen molar-refractivity contribution in [1.29, 1.82) is 0 Å². The third kappa shape index (κ3) is 20.8. The van der Waals surface area contributed by atoms with Crippen molar-refractivity contribution in [2.45, 2.75) is 268 Å². The minimum Gasteiger partial charge on any atom is -0.344 e. The number of allylic oxidation sites excluding steroid dienone is 6. The molecule has 0 atom stereocenters. The summed E-state index contributed by atoms with van der Waals surface area (Å²) in [7, 11) is -8.58. The number of nitrogens with zero attached hydrogens (tertiary/aromatic N) is 2. The highest BCUT2D eigenvalue weighted by Crippen LogP contribution is 2.49. The van der Waals surface area contributed by atoms with Gasteiger partial charge >= 0.3 is 0 Å². The predicted molar refractivity (Wildman–Crippen MR) is 352 cm³/mol. The molecule has 0 saturated carbocycles. The van der Waals surface area contributed by atoms with Crippen LogP contribution in [-0.4, -0.2) is 49.3 Å². The van der Waals surface area contributed by atoms with E-state index in [1.54, 1.807) is 24.3 Å². The van der Waals surface area contributed by atoms with E-state index in [0.29, 0.717) is 0 Å². The fourth-order valence-electron chi connectivity index (χ4n) is 12.8. The Balaban J connectivity index is 1.13. The summed E-state index contributed by atoms with van der Waals surface area (Å²) in [5.41, 5.74) is 10.7. The van der Waals surface area contributed by atoms with Crippen LogP contribution in [0.3, 0.4) is 0 Å². The summed E-state index contributed by atoms with van der Waals surface area (Å²) in [5, 5.41) is 0. The summed E-state index contributed by atoms with van der Waals surface area (Å²) < 4.78 is 69.4. The minimum absolute atomic E-state index is 0.110. The van der Waals surface area contributed by atoms with Gasteiger partial charge in [0.2, 0.25) is 5.69 Å². The van der Waals surface area contributed by atoms with Crippen LogP contribution in [0.4, 0.5) is 11.4 Å². The van der Waals surface area contributed by atoms with Crippen molar-refractivity contribution < 1.29 is 30.5 Å². The molecule has 2 N–H and O–H groups in total. The molecule has 0 saturated heterocycles. The van der Waals surface area contributed by atoms with Gasteiger partial charge in [-0.2, -0.15) is 21.4 Å². The Morgan fingerprint density at radius 3 is 1.22 bits per heavy atom. The largest absolute Gasteiger partial charge is 0.344 e. The summed E-state index contributed by atoms with van der Waals surface area (Å²) in [5.74, 6) is 0. The number of fused-ring (bicyclic) bond motifs is 2. The number of rotatable bonds is 41. The van der Waals surface area contributed by atoms with Gasteiger partial charge in [-0.1, -0.05) is 281 Å². The summed E-state index contributed by atoms with van der Waals surface area (Å²) in [6.07, 6.45) is 53.8. The first-order valence-electron chi connectivity index (χ1n) is 32.9. The van der Waals surface area contributed by atoms with E-state index in [9.17, 15) is 25.9 Å². The molecule has 83 heavy (non-hydrogen) atoms. The molecule has 0 fully saturated rings. The summed E-state index contributed by atoms with van der Waals surface area (Å²) in [6, 6.07) is 26.2. The number of anilines is 1. The van der Waals surface area contributed by atoms with Crippen LogP contribution in [0.5, 0.6) is 0 Å². The normalized spacial score (nSPS) is 15.4. The lowest BCUT2D eigenvalue weighted by atomic mass is 9.81. The molecule has 0 amide bonds. The Kier molecular flexibility index (Phi) is 28.1. The van der Waals surface area contributed by atoms with Gasteiger partial charge in [0.1, 0.15) is 6.54 Å². The van der Waals surface area contributed by atoms with E-state index in [4.69, 9.17) is 0 Å². The molecule has 456 valence electrons. The second-order valence-corrected chi connectivity index (χ2v) is 28.1. The average Bonchev–Trinajstić information content (AvgIpc) is 2.16. The molecule has 0 unspecified atom stereocenters. The first-order valence-corrected chi connectivity index (χ1v) is 35.8. The van der Waals surface area contributed by atoms with Crippen molar-refractivity contribution in [2.24, 2.45) is 0 Å². The highest BCUT2D eigenvalue weighted by molar-refractivity contribution is 7.86. The molecule has 2 aliphatic heterocycles. The Bertz CT molecular complexity index is 2950. The van der Waals surface area contributed by atoms with E-state index in [-0.39, 0.29) is 20.6 Å². The predicted octanol–water partition coefficient (Wildman–Crippen LogP) is 21.2. The molecule has 0 radical (unpaired) electrons. The van der Waals surface area contributed by atoms with Crippen molar-refractivity contribution in [3.8, 4) is 22.3 Å². The van der Waals surface area contributed by atoms with Crippen LogP contribution >= 0.6 is 0 Å². The van der Waals surface area contributed by atoms with E-state index in [1.165, 1.54) is 251 Å². The SMILES string of the molecule is CCCCCCCCCCCCCCCCCCCCCC[N+]1=C(/C=C/C=C/C=C2/N(CCCCCCCCCCCCCC)c3cc(-c4ccc(S(=O)(=O)O)cc4)ccc3C2(C)C)C(C)(C)c2ccc(-c3ccc(S(=O)(=O)O)cc3)cc21. The quantitative estimate of drug-likeness (QED) is 0.0197. The lowest BCUT2D eigenvalue weighted by Crippen LogP contribution is -2.27. The van der Waals surface area contributed by atoms with Gasteiger partial charge in [-0.3, -0.25) is 9.11 Å². The zero-order valence-corrected chi connectivity index (χ0v) is 53.9. The van der Waals surface area contributed by atoms with Crippen molar-refractivity contribution >= 4 is 37.3 Å². The molecular weight excluding hydrogens is 1060 g/mol. The maximum Gasteiger partial charge on any atom is 0.294 e. The van der Waals surface area contributed by atoms with Crippen LogP contribution in [-0.2, 0) is 31.1 Å². The summed E-state index contributed by atoms with van der Waals surface area (Å²) >= 11 is 0. The Morgan fingerprint density at radius 2 is 0.795 bits per heavy atom. The molecule has 8 nitrogen and oxygen atoms in total. The third-order valence-corrected chi connectivity index (χ3v) is 19.7. The van der Waals surface area contributed by atoms with Gasteiger partial charge in [0.15, 0.2) is 5.71 Å².